The Hall–Kier alpha value is -6.07. The molecule has 9 rings (SSSR count). The summed E-state index contributed by atoms with van der Waals surface area (Å²) in [5.41, 5.74) is 4.05. The van der Waals surface area contributed by atoms with E-state index in [0.29, 0.717) is 52.2 Å². The average molecular weight is 827 g/mol. The Morgan fingerprint density at radius 2 is 1.72 bits per heavy atom. The van der Waals surface area contributed by atoms with Crippen LogP contribution in [0.1, 0.15) is 85.3 Å². The number of piperidine rings is 2. The summed E-state index contributed by atoms with van der Waals surface area (Å²) in [6.45, 7) is 5.24. The van der Waals surface area contributed by atoms with Gasteiger partial charge in [-0.2, -0.15) is 10.4 Å². The van der Waals surface area contributed by atoms with Crippen molar-refractivity contribution < 1.29 is 28.2 Å². The van der Waals surface area contributed by atoms with Gasteiger partial charge in [0, 0.05) is 79.8 Å². The molecule has 1 aliphatic carbocycles. The number of pyridine rings is 1. The van der Waals surface area contributed by atoms with Gasteiger partial charge >= 0.3 is 0 Å². The molecule has 0 bridgehead atoms. The standard InChI is InChI=1S/C47H51FN8O5/c1-54-44-37(43(53-54)38-14-17-41(57)52-47(38)59)13-15-39(48)45(44)60-28-30-18-22-55(27-30)26-29-19-23-56(24-20-29)34-9-4-31(5-10-34)46(58)51-33-7-11-35(12-8-33)61-40-16-6-32(25-49)42-36(40)3-2-21-50-42/h2-6,9-10,13,15-16,21,29-30,33,35,38H,7-8,11-12,14,17-20,22-24,26-28H2,1H3,(H,51,58)(H,52,57,59)/t30-,33?,35?,38?/m1/s1. The minimum atomic E-state index is -0.568. The van der Waals surface area contributed by atoms with E-state index in [1.54, 1.807) is 30.1 Å². The molecule has 61 heavy (non-hydrogen) atoms. The average Bonchev–Trinajstić information content (AvgIpc) is 3.87. The quantitative estimate of drug-likeness (QED) is 0.143. The van der Waals surface area contributed by atoms with Gasteiger partial charge in [-0.25, -0.2) is 4.39 Å². The number of imide groups is 1. The zero-order valence-corrected chi connectivity index (χ0v) is 34.4. The van der Waals surface area contributed by atoms with Gasteiger partial charge in [-0.15, -0.1) is 0 Å². The van der Waals surface area contributed by atoms with Crippen molar-refractivity contribution in [1.29, 1.82) is 5.26 Å². The number of halogens is 1. The lowest BCUT2D eigenvalue weighted by Crippen LogP contribution is -2.40. The summed E-state index contributed by atoms with van der Waals surface area (Å²) in [5, 5.41) is 21.2. The topological polar surface area (TPSA) is 155 Å². The van der Waals surface area contributed by atoms with Crippen molar-refractivity contribution in [3.8, 4) is 17.6 Å². The number of aromatic nitrogens is 3. The van der Waals surface area contributed by atoms with Crippen LogP contribution in [-0.2, 0) is 16.6 Å². The fourth-order valence-electron chi connectivity index (χ4n) is 9.78. The number of nitrogens with zero attached hydrogens (tertiary/aromatic N) is 6. The van der Waals surface area contributed by atoms with Crippen molar-refractivity contribution in [3.63, 3.8) is 0 Å². The molecule has 3 aromatic carbocycles. The summed E-state index contributed by atoms with van der Waals surface area (Å²) in [5.74, 6) is 0.0274. The number of likely N-dealkylation sites (tertiary alicyclic amines) is 1. The van der Waals surface area contributed by atoms with Crippen LogP contribution >= 0.6 is 0 Å². The van der Waals surface area contributed by atoms with Crippen LogP contribution in [0.4, 0.5) is 10.1 Å². The van der Waals surface area contributed by atoms with Crippen LogP contribution in [0.3, 0.4) is 0 Å². The minimum Gasteiger partial charge on any atom is -0.490 e. The number of nitriles is 1. The second-order valence-electron chi connectivity index (χ2n) is 17.2. The number of benzene rings is 3. The first-order chi connectivity index (χ1) is 29.7. The van der Waals surface area contributed by atoms with Crippen LogP contribution in [0, 0.1) is 29.0 Å². The molecule has 4 fully saturated rings. The number of carbonyl (C=O) groups is 3. The second-order valence-corrected chi connectivity index (χ2v) is 17.2. The molecule has 3 aliphatic heterocycles. The summed E-state index contributed by atoms with van der Waals surface area (Å²) < 4.78 is 29.4. The number of aryl methyl sites for hydroxylation is 1. The third-order valence-corrected chi connectivity index (χ3v) is 13.1. The van der Waals surface area contributed by atoms with Gasteiger partial charge < -0.3 is 24.6 Å². The van der Waals surface area contributed by atoms with E-state index in [-0.39, 0.29) is 48.0 Å². The van der Waals surface area contributed by atoms with Crippen LogP contribution in [0.15, 0.2) is 66.9 Å². The van der Waals surface area contributed by atoms with Gasteiger partial charge in [-0.05, 0) is 124 Å². The van der Waals surface area contributed by atoms with Crippen LogP contribution in [-0.4, -0.2) is 88.9 Å². The normalized spacial score (nSPS) is 22.6. The molecule has 13 nitrogen and oxygen atoms in total. The third-order valence-electron chi connectivity index (χ3n) is 13.1. The second kappa shape index (κ2) is 17.5. The van der Waals surface area contributed by atoms with E-state index in [4.69, 9.17) is 9.47 Å². The molecule has 2 aromatic heterocycles. The first-order valence-electron chi connectivity index (χ1n) is 21.6. The number of ether oxygens (including phenoxy) is 2. The highest BCUT2D eigenvalue weighted by Crippen LogP contribution is 2.37. The highest BCUT2D eigenvalue weighted by atomic mass is 19.1. The molecule has 1 unspecified atom stereocenters. The molecular weight excluding hydrogens is 776 g/mol. The molecule has 2 N–H and O–H groups in total. The third kappa shape index (κ3) is 8.61. The van der Waals surface area contributed by atoms with E-state index in [2.05, 4.69) is 48.7 Å². The predicted octanol–water partition coefficient (Wildman–Crippen LogP) is 6.39. The summed E-state index contributed by atoms with van der Waals surface area (Å²) >= 11 is 0. The van der Waals surface area contributed by atoms with E-state index in [1.807, 2.05) is 30.3 Å². The summed E-state index contributed by atoms with van der Waals surface area (Å²) in [6, 6.07) is 20.7. The summed E-state index contributed by atoms with van der Waals surface area (Å²) in [6.07, 6.45) is 8.83. The molecule has 3 saturated heterocycles. The van der Waals surface area contributed by atoms with Crippen molar-refractivity contribution in [2.45, 2.75) is 75.9 Å². The Morgan fingerprint density at radius 3 is 2.49 bits per heavy atom. The Balaban J connectivity index is 0.707. The molecule has 5 aromatic rings. The van der Waals surface area contributed by atoms with Crippen molar-refractivity contribution in [1.82, 2.24) is 30.3 Å². The van der Waals surface area contributed by atoms with Crippen molar-refractivity contribution >= 4 is 45.2 Å². The Kier molecular flexibility index (Phi) is 11.6. The van der Waals surface area contributed by atoms with Crippen LogP contribution < -0.4 is 25.0 Å². The number of hydrogen-bond acceptors (Lipinski definition) is 10. The predicted molar refractivity (Wildman–Crippen MR) is 228 cm³/mol. The van der Waals surface area contributed by atoms with Gasteiger partial charge in [-0.3, -0.25) is 29.4 Å². The van der Waals surface area contributed by atoms with Crippen molar-refractivity contribution in [2.24, 2.45) is 18.9 Å². The van der Waals surface area contributed by atoms with Crippen LogP contribution in [0.25, 0.3) is 21.8 Å². The zero-order valence-electron chi connectivity index (χ0n) is 34.4. The number of nitrogens with one attached hydrogen (secondary N) is 2. The van der Waals surface area contributed by atoms with E-state index < -0.39 is 11.7 Å². The minimum absolute atomic E-state index is 0.0398. The molecule has 2 atom stereocenters. The number of amides is 3. The van der Waals surface area contributed by atoms with E-state index in [9.17, 15) is 19.6 Å². The Labute approximate surface area is 354 Å². The Bertz CT molecular complexity index is 2490. The lowest BCUT2D eigenvalue weighted by Gasteiger charge is -2.35. The van der Waals surface area contributed by atoms with Gasteiger partial charge in [0.25, 0.3) is 5.91 Å². The number of hydrogen-bond donors (Lipinski definition) is 2. The number of anilines is 1. The molecule has 0 radical (unpaired) electrons. The Morgan fingerprint density at radius 1 is 0.934 bits per heavy atom. The van der Waals surface area contributed by atoms with E-state index in [0.717, 1.165) is 94.5 Å². The molecular formula is C47H51FN8O5. The van der Waals surface area contributed by atoms with Gasteiger partial charge in [0.05, 0.1) is 35.4 Å². The fourth-order valence-corrected chi connectivity index (χ4v) is 9.78. The van der Waals surface area contributed by atoms with E-state index >= 15 is 4.39 Å². The lowest BCUT2D eigenvalue weighted by molar-refractivity contribution is -0.134. The van der Waals surface area contributed by atoms with Crippen molar-refractivity contribution in [2.75, 3.05) is 44.2 Å². The molecule has 1 saturated carbocycles. The number of carbonyl (C=O) groups excluding carboxylic acids is 3. The molecule has 5 heterocycles. The first kappa shape index (κ1) is 40.3. The van der Waals surface area contributed by atoms with Gasteiger partial charge in [-0.1, -0.05) is 0 Å². The molecule has 0 spiro atoms. The van der Waals surface area contributed by atoms with Crippen LogP contribution in [0.5, 0.6) is 11.5 Å². The molecule has 316 valence electrons. The number of fused-ring (bicyclic) bond motifs is 2. The largest absolute Gasteiger partial charge is 0.490 e. The van der Waals surface area contributed by atoms with Gasteiger partial charge in [0.2, 0.25) is 11.8 Å². The number of rotatable bonds is 11. The highest BCUT2D eigenvalue weighted by molar-refractivity contribution is 6.03. The maximum absolute atomic E-state index is 15.2. The fraction of sp³-hybridized carbons (Fsp3) is 0.447. The zero-order chi connectivity index (χ0) is 42.0. The first-order valence-corrected chi connectivity index (χ1v) is 21.6. The SMILES string of the molecule is Cn1nc(C2CCC(=O)NC2=O)c2ccc(F)c(OC[C@@H]3CCN(CC4CCN(c5ccc(C(=O)NC6CCC(Oc7ccc(C#N)c8ncccc78)CC6)cc5)CC4)C3)c21. The summed E-state index contributed by atoms with van der Waals surface area (Å²) in [4.78, 5) is 46.9. The maximum Gasteiger partial charge on any atom is 0.251 e. The smallest absolute Gasteiger partial charge is 0.251 e. The highest BCUT2D eigenvalue weighted by Gasteiger charge is 2.34. The van der Waals surface area contributed by atoms with Crippen molar-refractivity contribution in [3.05, 3.63) is 89.5 Å². The molecule has 14 heteroatoms. The lowest BCUT2D eigenvalue weighted by atomic mass is 9.92. The maximum atomic E-state index is 15.2. The van der Waals surface area contributed by atoms with Gasteiger partial charge in [0.15, 0.2) is 11.6 Å². The van der Waals surface area contributed by atoms with Gasteiger partial charge in [0.1, 0.15) is 17.3 Å². The summed E-state index contributed by atoms with van der Waals surface area (Å²) in [7, 11) is 1.73. The molecule has 4 aliphatic rings. The monoisotopic (exact) mass is 826 g/mol. The molecule has 3 amide bonds. The van der Waals surface area contributed by atoms with Crippen LogP contribution in [0.2, 0.25) is 0 Å². The van der Waals surface area contributed by atoms with E-state index in [1.165, 1.54) is 6.07 Å².